The molecule has 19 heavy (non-hydrogen) atoms. The summed E-state index contributed by atoms with van der Waals surface area (Å²) in [5.41, 5.74) is 0.880. The zero-order valence-electron chi connectivity index (χ0n) is 11.5. The summed E-state index contributed by atoms with van der Waals surface area (Å²) in [5.74, 6) is -1.31. The molecule has 0 aliphatic carbocycles. The molecule has 0 heterocycles. The van der Waals surface area contributed by atoms with Crippen LogP contribution in [0.15, 0.2) is 22.7 Å². The molecule has 0 aromatic heterocycles. The molecule has 1 aromatic carbocycles. The Morgan fingerprint density at radius 3 is 2.37 bits per heavy atom. The Morgan fingerprint density at radius 1 is 1.32 bits per heavy atom. The average Bonchev–Trinajstić information content (AvgIpc) is 2.26. The zero-order chi connectivity index (χ0) is 14.8. The van der Waals surface area contributed by atoms with Gasteiger partial charge in [0, 0.05) is 10.0 Å². The smallest absolute Gasteiger partial charge is 0.323 e. The number of nitrogens with zero attached hydrogens (tertiary/aromatic N) is 1. The summed E-state index contributed by atoms with van der Waals surface area (Å²) in [7, 11) is 0. The van der Waals surface area contributed by atoms with Crippen LogP contribution in [0.2, 0.25) is 0 Å². The lowest BCUT2D eigenvalue weighted by atomic mass is 10.0. The Bertz CT molecular complexity index is 506. The number of hydrogen-bond acceptors (Lipinski definition) is 2. The molecule has 0 saturated carbocycles. The predicted molar refractivity (Wildman–Crippen MR) is 77.3 cm³/mol. The van der Waals surface area contributed by atoms with Crippen molar-refractivity contribution in [2.24, 2.45) is 0 Å². The van der Waals surface area contributed by atoms with E-state index in [1.165, 1.54) is 4.90 Å². The van der Waals surface area contributed by atoms with Crippen LogP contribution in [0, 0.1) is 6.92 Å². The highest BCUT2D eigenvalue weighted by atomic mass is 79.9. The summed E-state index contributed by atoms with van der Waals surface area (Å²) in [6, 6.07) is 5.44. The SMILES string of the molecule is Cc1ccc(Br)c(C(=O)N(CC(=O)O)C(C)(C)C)c1. The van der Waals surface area contributed by atoms with Gasteiger partial charge in [-0.3, -0.25) is 9.59 Å². The molecule has 1 amide bonds. The number of benzene rings is 1. The average molecular weight is 328 g/mol. The maximum atomic E-state index is 12.5. The van der Waals surface area contributed by atoms with Crippen molar-refractivity contribution in [3.8, 4) is 0 Å². The highest BCUT2D eigenvalue weighted by Crippen LogP contribution is 2.23. The van der Waals surface area contributed by atoms with Crippen LogP contribution in [0.1, 0.15) is 36.7 Å². The van der Waals surface area contributed by atoms with Gasteiger partial charge < -0.3 is 10.0 Å². The Morgan fingerprint density at radius 2 is 1.89 bits per heavy atom. The quantitative estimate of drug-likeness (QED) is 0.928. The number of halogens is 1. The molecule has 0 bridgehead atoms. The van der Waals surface area contributed by atoms with Crippen LogP contribution in [0.3, 0.4) is 0 Å². The van der Waals surface area contributed by atoms with Gasteiger partial charge in [0.15, 0.2) is 0 Å². The van der Waals surface area contributed by atoms with Crippen molar-refractivity contribution in [3.63, 3.8) is 0 Å². The lowest BCUT2D eigenvalue weighted by molar-refractivity contribution is -0.138. The van der Waals surface area contributed by atoms with Crippen LogP contribution < -0.4 is 0 Å². The van der Waals surface area contributed by atoms with Gasteiger partial charge in [-0.2, -0.15) is 0 Å². The first-order valence-corrected chi connectivity index (χ1v) is 6.72. The zero-order valence-corrected chi connectivity index (χ0v) is 13.1. The van der Waals surface area contributed by atoms with Crippen LogP contribution in [0.5, 0.6) is 0 Å². The van der Waals surface area contributed by atoms with Gasteiger partial charge in [0.25, 0.3) is 5.91 Å². The van der Waals surface area contributed by atoms with Crippen LogP contribution in [0.25, 0.3) is 0 Å². The van der Waals surface area contributed by atoms with Gasteiger partial charge in [0.05, 0.1) is 5.56 Å². The minimum Gasteiger partial charge on any atom is -0.480 e. The summed E-state index contributed by atoms with van der Waals surface area (Å²) in [6.45, 7) is 7.02. The summed E-state index contributed by atoms with van der Waals surface area (Å²) in [4.78, 5) is 24.8. The fourth-order valence-corrected chi connectivity index (χ4v) is 2.11. The van der Waals surface area contributed by atoms with Gasteiger partial charge >= 0.3 is 5.97 Å². The van der Waals surface area contributed by atoms with Crippen LogP contribution in [0.4, 0.5) is 0 Å². The van der Waals surface area contributed by atoms with Gasteiger partial charge in [-0.25, -0.2) is 0 Å². The number of hydrogen-bond donors (Lipinski definition) is 1. The fraction of sp³-hybridized carbons (Fsp3) is 0.429. The van der Waals surface area contributed by atoms with Crippen molar-refractivity contribution in [2.75, 3.05) is 6.54 Å². The molecule has 0 saturated heterocycles. The van der Waals surface area contributed by atoms with Crippen molar-refractivity contribution in [3.05, 3.63) is 33.8 Å². The second kappa shape index (κ2) is 5.74. The highest BCUT2D eigenvalue weighted by Gasteiger charge is 2.30. The van der Waals surface area contributed by atoms with E-state index >= 15 is 0 Å². The fourth-order valence-electron chi connectivity index (χ4n) is 1.70. The van der Waals surface area contributed by atoms with E-state index in [2.05, 4.69) is 15.9 Å². The van der Waals surface area contributed by atoms with Gasteiger partial charge in [0.1, 0.15) is 6.54 Å². The molecule has 4 nitrogen and oxygen atoms in total. The third kappa shape index (κ3) is 4.06. The topological polar surface area (TPSA) is 57.6 Å². The molecular weight excluding hydrogens is 310 g/mol. The van der Waals surface area contributed by atoms with E-state index < -0.39 is 11.5 Å². The molecule has 0 aliphatic heterocycles. The van der Waals surface area contributed by atoms with E-state index in [4.69, 9.17) is 5.11 Å². The van der Waals surface area contributed by atoms with Gasteiger partial charge in [-0.05, 0) is 55.8 Å². The number of rotatable bonds is 3. The van der Waals surface area contributed by atoms with Crippen LogP contribution in [-0.2, 0) is 4.79 Å². The molecule has 0 spiro atoms. The largest absolute Gasteiger partial charge is 0.480 e. The van der Waals surface area contributed by atoms with Gasteiger partial charge in [-0.1, -0.05) is 11.6 Å². The minimum absolute atomic E-state index is 0.287. The van der Waals surface area contributed by atoms with E-state index in [9.17, 15) is 9.59 Å². The Balaban J connectivity index is 3.19. The monoisotopic (exact) mass is 327 g/mol. The molecular formula is C14H18BrNO3. The molecule has 1 rings (SSSR count). The molecule has 104 valence electrons. The van der Waals surface area contributed by atoms with Crippen molar-refractivity contribution >= 4 is 27.8 Å². The molecule has 0 fully saturated rings. The molecule has 0 radical (unpaired) electrons. The number of carboxylic acid groups (broad SMARTS) is 1. The number of carbonyl (C=O) groups is 2. The third-order valence-electron chi connectivity index (χ3n) is 2.70. The second-order valence-electron chi connectivity index (χ2n) is 5.44. The summed E-state index contributed by atoms with van der Waals surface area (Å²) >= 11 is 3.34. The Kier molecular flexibility index (Phi) is 4.74. The van der Waals surface area contributed by atoms with E-state index in [1.807, 2.05) is 33.8 Å². The number of amides is 1. The van der Waals surface area contributed by atoms with Crippen LogP contribution in [-0.4, -0.2) is 34.0 Å². The molecule has 0 unspecified atom stereocenters. The molecule has 0 atom stereocenters. The van der Waals surface area contributed by atoms with Gasteiger partial charge in [0.2, 0.25) is 0 Å². The Hall–Kier alpha value is -1.36. The normalized spacial score (nSPS) is 11.2. The number of carboxylic acids is 1. The van der Waals surface area contributed by atoms with Gasteiger partial charge in [-0.15, -0.1) is 0 Å². The van der Waals surface area contributed by atoms with Crippen molar-refractivity contribution in [2.45, 2.75) is 33.2 Å². The lowest BCUT2D eigenvalue weighted by Gasteiger charge is -2.34. The van der Waals surface area contributed by atoms with Crippen molar-refractivity contribution < 1.29 is 14.7 Å². The second-order valence-corrected chi connectivity index (χ2v) is 6.29. The Labute approximate surface area is 121 Å². The standard InChI is InChI=1S/C14H18BrNO3/c1-9-5-6-11(15)10(7-9)13(19)16(8-12(17)18)14(2,3)4/h5-7H,8H2,1-4H3,(H,17,18). The molecule has 1 aromatic rings. The first-order chi connectivity index (χ1) is 8.62. The molecule has 0 aliphatic rings. The number of aliphatic carboxylic acids is 1. The maximum Gasteiger partial charge on any atom is 0.323 e. The molecule has 5 heteroatoms. The summed E-state index contributed by atoms with van der Waals surface area (Å²) in [6.07, 6.45) is 0. The predicted octanol–water partition coefficient (Wildman–Crippen LogP) is 3.08. The van der Waals surface area contributed by atoms with E-state index in [0.717, 1.165) is 5.56 Å². The van der Waals surface area contributed by atoms with E-state index in [1.54, 1.807) is 12.1 Å². The van der Waals surface area contributed by atoms with Crippen molar-refractivity contribution in [1.29, 1.82) is 0 Å². The van der Waals surface area contributed by atoms with Crippen LogP contribution >= 0.6 is 15.9 Å². The highest BCUT2D eigenvalue weighted by molar-refractivity contribution is 9.10. The number of aryl methyl sites for hydroxylation is 1. The number of carbonyl (C=O) groups excluding carboxylic acids is 1. The minimum atomic E-state index is -1.02. The summed E-state index contributed by atoms with van der Waals surface area (Å²) in [5, 5.41) is 8.96. The first kappa shape index (κ1) is 15.7. The molecule has 1 N–H and O–H groups in total. The lowest BCUT2D eigenvalue weighted by Crippen LogP contribution is -2.48. The van der Waals surface area contributed by atoms with E-state index in [-0.39, 0.29) is 12.5 Å². The van der Waals surface area contributed by atoms with E-state index in [0.29, 0.717) is 10.0 Å². The first-order valence-electron chi connectivity index (χ1n) is 5.93. The summed E-state index contributed by atoms with van der Waals surface area (Å²) < 4.78 is 0.669. The maximum absolute atomic E-state index is 12.5. The van der Waals surface area contributed by atoms with Crippen molar-refractivity contribution in [1.82, 2.24) is 4.90 Å². The third-order valence-corrected chi connectivity index (χ3v) is 3.39.